The van der Waals surface area contributed by atoms with Crippen molar-refractivity contribution >= 4 is 15.9 Å². The minimum absolute atomic E-state index is 0.0773. The lowest BCUT2D eigenvalue weighted by atomic mass is 10.1. The maximum Gasteiger partial charge on any atom is 0.248 e. The molecule has 104 valence electrons. The molecule has 6 nitrogen and oxygen atoms in total. The average Bonchev–Trinajstić information content (AvgIpc) is 2.40. The smallest absolute Gasteiger partial charge is 0.248 e. The zero-order chi connectivity index (χ0) is 13.9. The summed E-state index contributed by atoms with van der Waals surface area (Å²) in [5.41, 5.74) is 6.13. The number of carbonyl (C=O) groups excluding carboxylic acids is 1. The Morgan fingerprint density at radius 3 is 2.32 bits per heavy atom. The van der Waals surface area contributed by atoms with Crippen molar-refractivity contribution < 1.29 is 17.9 Å². The Kier molecular flexibility index (Phi) is 4.18. The third-order valence-corrected chi connectivity index (χ3v) is 4.80. The number of carbonyl (C=O) groups is 1. The summed E-state index contributed by atoms with van der Waals surface area (Å²) in [7, 11) is -3.33. The lowest BCUT2D eigenvalue weighted by Gasteiger charge is -2.26. The number of morpholine rings is 1. The van der Waals surface area contributed by atoms with E-state index in [9.17, 15) is 13.2 Å². The summed E-state index contributed by atoms with van der Waals surface area (Å²) >= 11 is 0. The predicted molar refractivity (Wildman–Crippen MR) is 70.0 cm³/mol. The maximum absolute atomic E-state index is 12.2. The van der Waals surface area contributed by atoms with E-state index in [1.54, 1.807) is 12.1 Å². The maximum atomic E-state index is 12.2. The summed E-state index contributed by atoms with van der Waals surface area (Å²) in [6, 6.07) is 6.29. The minimum Gasteiger partial charge on any atom is -0.379 e. The molecule has 0 bridgehead atoms. The molecule has 0 aromatic heterocycles. The molecule has 1 aromatic carbocycles. The second kappa shape index (κ2) is 5.68. The number of benzene rings is 1. The van der Waals surface area contributed by atoms with Gasteiger partial charge in [-0.25, -0.2) is 8.42 Å². The highest BCUT2D eigenvalue weighted by Gasteiger charge is 2.24. The van der Waals surface area contributed by atoms with Gasteiger partial charge < -0.3 is 10.5 Å². The van der Waals surface area contributed by atoms with Gasteiger partial charge >= 0.3 is 0 Å². The van der Waals surface area contributed by atoms with E-state index in [-0.39, 0.29) is 5.75 Å². The van der Waals surface area contributed by atoms with E-state index in [1.165, 1.54) is 16.4 Å². The van der Waals surface area contributed by atoms with E-state index >= 15 is 0 Å². The van der Waals surface area contributed by atoms with E-state index in [0.717, 1.165) is 0 Å². The topological polar surface area (TPSA) is 89.7 Å². The van der Waals surface area contributed by atoms with Gasteiger partial charge in [0.2, 0.25) is 15.9 Å². The van der Waals surface area contributed by atoms with Crippen LogP contribution in [0.25, 0.3) is 0 Å². The Labute approximate surface area is 112 Å². The molecule has 2 N–H and O–H groups in total. The summed E-state index contributed by atoms with van der Waals surface area (Å²) in [6.07, 6.45) is 0. The summed E-state index contributed by atoms with van der Waals surface area (Å²) in [4.78, 5) is 10.9. The number of nitrogens with zero attached hydrogens (tertiary/aromatic N) is 1. The Bertz CT molecular complexity index is 548. The molecule has 0 radical (unpaired) electrons. The number of hydrogen-bond acceptors (Lipinski definition) is 4. The third-order valence-electron chi connectivity index (χ3n) is 2.95. The van der Waals surface area contributed by atoms with Crippen molar-refractivity contribution in [3.05, 3.63) is 35.4 Å². The highest BCUT2D eigenvalue weighted by atomic mass is 32.2. The molecule has 1 aromatic rings. The van der Waals surface area contributed by atoms with E-state index in [1.807, 2.05) is 0 Å². The van der Waals surface area contributed by atoms with Crippen molar-refractivity contribution in [2.45, 2.75) is 5.75 Å². The fraction of sp³-hybridized carbons (Fsp3) is 0.417. The van der Waals surface area contributed by atoms with E-state index < -0.39 is 15.9 Å². The molecule has 2 rings (SSSR count). The van der Waals surface area contributed by atoms with Crippen LogP contribution in [0.1, 0.15) is 15.9 Å². The Hall–Kier alpha value is -1.44. The highest BCUT2D eigenvalue weighted by Crippen LogP contribution is 2.13. The van der Waals surface area contributed by atoms with Gasteiger partial charge in [0.15, 0.2) is 0 Å². The number of amides is 1. The summed E-state index contributed by atoms with van der Waals surface area (Å²) < 4.78 is 30.9. The summed E-state index contributed by atoms with van der Waals surface area (Å²) in [5.74, 6) is -0.603. The fourth-order valence-corrected chi connectivity index (χ4v) is 3.39. The second-order valence-corrected chi connectivity index (χ2v) is 6.30. The van der Waals surface area contributed by atoms with E-state index in [0.29, 0.717) is 37.4 Å². The van der Waals surface area contributed by atoms with Crippen molar-refractivity contribution in [2.75, 3.05) is 26.3 Å². The number of nitrogens with two attached hydrogens (primary N) is 1. The lowest BCUT2D eigenvalue weighted by Crippen LogP contribution is -2.41. The molecule has 0 saturated carbocycles. The SMILES string of the molecule is NC(=O)c1ccc(CS(=O)(=O)N2CCOCC2)cc1. The zero-order valence-corrected chi connectivity index (χ0v) is 11.2. The van der Waals surface area contributed by atoms with Gasteiger partial charge in [0.1, 0.15) is 0 Å². The molecular formula is C12H16N2O4S. The first kappa shape index (κ1) is 14.0. The monoisotopic (exact) mass is 284 g/mol. The standard InChI is InChI=1S/C12H16N2O4S/c13-12(15)11-3-1-10(2-4-11)9-19(16,17)14-5-7-18-8-6-14/h1-4H,5-9H2,(H2,13,15). The van der Waals surface area contributed by atoms with Crippen LogP contribution < -0.4 is 5.73 Å². The first-order chi connectivity index (χ1) is 8.99. The molecule has 0 unspecified atom stereocenters. The molecule has 0 aliphatic carbocycles. The molecule has 1 heterocycles. The molecule has 1 aliphatic heterocycles. The zero-order valence-electron chi connectivity index (χ0n) is 10.4. The van der Waals surface area contributed by atoms with Crippen LogP contribution in [-0.2, 0) is 20.5 Å². The molecular weight excluding hydrogens is 268 g/mol. The molecule has 1 amide bonds. The van der Waals surface area contributed by atoms with Gasteiger partial charge in [0.05, 0.1) is 19.0 Å². The fourth-order valence-electron chi connectivity index (χ4n) is 1.89. The number of hydrogen-bond donors (Lipinski definition) is 1. The van der Waals surface area contributed by atoms with Crippen LogP contribution in [0.3, 0.4) is 0 Å². The van der Waals surface area contributed by atoms with Gasteiger partial charge in [-0.2, -0.15) is 4.31 Å². The minimum atomic E-state index is -3.33. The summed E-state index contributed by atoms with van der Waals surface area (Å²) in [6.45, 7) is 1.64. The Balaban J connectivity index is 2.09. The first-order valence-corrected chi connectivity index (χ1v) is 7.54. The van der Waals surface area contributed by atoms with Crippen LogP contribution in [0, 0.1) is 0 Å². The van der Waals surface area contributed by atoms with Crippen molar-refractivity contribution in [1.82, 2.24) is 4.31 Å². The molecule has 1 aliphatic rings. The normalized spacial score (nSPS) is 17.3. The number of primary amides is 1. The molecule has 0 spiro atoms. The van der Waals surface area contributed by atoms with E-state index in [4.69, 9.17) is 10.5 Å². The molecule has 7 heteroatoms. The largest absolute Gasteiger partial charge is 0.379 e. The van der Waals surface area contributed by atoms with Crippen LogP contribution in [-0.4, -0.2) is 44.9 Å². The highest BCUT2D eigenvalue weighted by molar-refractivity contribution is 7.88. The van der Waals surface area contributed by atoms with Crippen molar-refractivity contribution in [1.29, 1.82) is 0 Å². The quantitative estimate of drug-likeness (QED) is 0.839. The lowest BCUT2D eigenvalue weighted by molar-refractivity contribution is 0.0729. The number of rotatable bonds is 4. The van der Waals surface area contributed by atoms with Gasteiger partial charge in [-0.05, 0) is 17.7 Å². The van der Waals surface area contributed by atoms with Crippen LogP contribution >= 0.6 is 0 Å². The second-order valence-electron chi connectivity index (χ2n) is 4.33. The number of sulfonamides is 1. The van der Waals surface area contributed by atoms with Crippen molar-refractivity contribution in [3.63, 3.8) is 0 Å². The Morgan fingerprint density at radius 2 is 1.79 bits per heavy atom. The molecule has 19 heavy (non-hydrogen) atoms. The van der Waals surface area contributed by atoms with Gasteiger partial charge in [-0.3, -0.25) is 4.79 Å². The van der Waals surface area contributed by atoms with Gasteiger partial charge in [-0.15, -0.1) is 0 Å². The van der Waals surface area contributed by atoms with Gasteiger partial charge in [0.25, 0.3) is 0 Å². The summed E-state index contributed by atoms with van der Waals surface area (Å²) in [5, 5.41) is 0. The van der Waals surface area contributed by atoms with Crippen molar-refractivity contribution in [3.8, 4) is 0 Å². The third kappa shape index (κ3) is 3.52. The van der Waals surface area contributed by atoms with Crippen LogP contribution in [0.15, 0.2) is 24.3 Å². The predicted octanol–water partition coefficient (Wildman–Crippen LogP) is -0.0525. The van der Waals surface area contributed by atoms with E-state index in [2.05, 4.69) is 0 Å². The van der Waals surface area contributed by atoms with Crippen LogP contribution in [0.2, 0.25) is 0 Å². The van der Waals surface area contributed by atoms with Crippen LogP contribution in [0.4, 0.5) is 0 Å². The van der Waals surface area contributed by atoms with Crippen molar-refractivity contribution in [2.24, 2.45) is 5.73 Å². The molecule has 0 atom stereocenters. The first-order valence-electron chi connectivity index (χ1n) is 5.93. The Morgan fingerprint density at radius 1 is 1.21 bits per heavy atom. The van der Waals surface area contributed by atoms with Gasteiger partial charge in [0, 0.05) is 18.7 Å². The molecule has 1 fully saturated rings. The molecule has 1 saturated heterocycles. The number of ether oxygens (including phenoxy) is 1. The average molecular weight is 284 g/mol. The van der Waals surface area contributed by atoms with Crippen LogP contribution in [0.5, 0.6) is 0 Å². The van der Waals surface area contributed by atoms with Gasteiger partial charge in [-0.1, -0.05) is 12.1 Å².